The number of benzene rings is 1. The SMILES string of the molecule is Cc1ccc2nc(Br)nc(C3CCOC3)c2c1. The number of aromatic nitrogens is 2. The fraction of sp³-hybridized carbons (Fsp3) is 0.385. The van der Waals surface area contributed by atoms with Crippen LogP contribution in [0, 0.1) is 6.92 Å². The van der Waals surface area contributed by atoms with E-state index < -0.39 is 0 Å². The Balaban J connectivity index is 2.23. The van der Waals surface area contributed by atoms with E-state index in [-0.39, 0.29) is 0 Å². The number of hydrogen-bond acceptors (Lipinski definition) is 3. The number of halogens is 1. The molecule has 1 saturated heterocycles. The molecule has 0 N–H and O–H groups in total. The van der Waals surface area contributed by atoms with E-state index in [9.17, 15) is 0 Å². The van der Waals surface area contributed by atoms with Gasteiger partial charge in [-0.2, -0.15) is 0 Å². The van der Waals surface area contributed by atoms with Gasteiger partial charge in [0.25, 0.3) is 0 Å². The lowest BCUT2D eigenvalue weighted by molar-refractivity contribution is 0.193. The van der Waals surface area contributed by atoms with Crippen molar-refractivity contribution >= 4 is 26.8 Å². The average Bonchev–Trinajstić information content (AvgIpc) is 2.82. The molecule has 1 unspecified atom stereocenters. The van der Waals surface area contributed by atoms with Gasteiger partial charge in [0, 0.05) is 17.9 Å². The molecule has 1 fully saturated rings. The Kier molecular flexibility index (Phi) is 2.84. The van der Waals surface area contributed by atoms with E-state index in [0.29, 0.717) is 10.7 Å². The van der Waals surface area contributed by atoms with E-state index in [4.69, 9.17) is 4.74 Å². The molecule has 17 heavy (non-hydrogen) atoms. The molecule has 1 aliphatic heterocycles. The van der Waals surface area contributed by atoms with Crippen molar-refractivity contribution in [3.8, 4) is 0 Å². The molecule has 1 atom stereocenters. The fourth-order valence-corrected chi connectivity index (χ4v) is 2.68. The van der Waals surface area contributed by atoms with Gasteiger partial charge in [0.05, 0.1) is 17.8 Å². The summed E-state index contributed by atoms with van der Waals surface area (Å²) in [5, 5.41) is 1.16. The lowest BCUT2D eigenvalue weighted by Crippen LogP contribution is -2.04. The van der Waals surface area contributed by atoms with Crippen LogP contribution in [-0.4, -0.2) is 23.2 Å². The molecule has 3 nitrogen and oxygen atoms in total. The second-order valence-corrected chi connectivity index (χ2v) is 5.17. The number of ether oxygens (including phenoxy) is 1. The first-order valence-electron chi connectivity index (χ1n) is 5.75. The molecule has 1 aromatic carbocycles. The maximum Gasteiger partial charge on any atom is 0.197 e. The second-order valence-electron chi connectivity index (χ2n) is 4.46. The molecular formula is C13H13BrN2O. The number of hydrogen-bond donors (Lipinski definition) is 0. The molecule has 1 aliphatic rings. The predicted molar refractivity (Wildman–Crippen MR) is 70.2 cm³/mol. The third-order valence-electron chi connectivity index (χ3n) is 3.17. The third kappa shape index (κ3) is 2.07. The van der Waals surface area contributed by atoms with Crippen LogP contribution in [-0.2, 0) is 4.74 Å². The van der Waals surface area contributed by atoms with Crippen LogP contribution in [0.4, 0.5) is 0 Å². The molecule has 0 amide bonds. The van der Waals surface area contributed by atoms with Gasteiger partial charge in [0.2, 0.25) is 0 Å². The molecule has 0 radical (unpaired) electrons. The lowest BCUT2D eigenvalue weighted by atomic mass is 9.99. The molecule has 2 heterocycles. The minimum absolute atomic E-state index is 0.401. The quantitative estimate of drug-likeness (QED) is 0.757. The lowest BCUT2D eigenvalue weighted by Gasteiger charge is -2.11. The van der Waals surface area contributed by atoms with E-state index in [1.807, 2.05) is 0 Å². The fourth-order valence-electron chi connectivity index (χ4n) is 2.30. The van der Waals surface area contributed by atoms with E-state index in [1.165, 1.54) is 5.56 Å². The Morgan fingerprint density at radius 1 is 1.35 bits per heavy atom. The van der Waals surface area contributed by atoms with Gasteiger partial charge >= 0.3 is 0 Å². The monoisotopic (exact) mass is 292 g/mol. The second kappa shape index (κ2) is 4.35. The Labute approximate surface area is 108 Å². The molecule has 0 saturated carbocycles. The van der Waals surface area contributed by atoms with Crippen molar-refractivity contribution in [2.24, 2.45) is 0 Å². The van der Waals surface area contributed by atoms with Crippen molar-refractivity contribution in [3.63, 3.8) is 0 Å². The highest BCUT2D eigenvalue weighted by Crippen LogP contribution is 2.30. The van der Waals surface area contributed by atoms with Gasteiger partial charge in [-0.15, -0.1) is 0 Å². The summed E-state index contributed by atoms with van der Waals surface area (Å²) in [4.78, 5) is 8.96. The van der Waals surface area contributed by atoms with Crippen LogP contribution in [0.3, 0.4) is 0 Å². The zero-order valence-corrected chi connectivity index (χ0v) is 11.2. The molecule has 4 heteroatoms. The summed E-state index contributed by atoms with van der Waals surface area (Å²) in [6.45, 7) is 3.70. The summed E-state index contributed by atoms with van der Waals surface area (Å²) in [5.41, 5.74) is 3.35. The van der Waals surface area contributed by atoms with Gasteiger partial charge < -0.3 is 4.74 Å². The van der Waals surface area contributed by atoms with Gasteiger partial charge in [0.1, 0.15) is 0 Å². The van der Waals surface area contributed by atoms with Gasteiger partial charge in [0.15, 0.2) is 4.73 Å². The van der Waals surface area contributed by atoms with E-state index in [2.05, 4.69) is 51.0 Å². The topological polar surface area (TPSA) is 35.0 Å². The first-order valence-corrected chi connectivity index (χ1v) is 6.55. The first-order chi connectivity index (χ1) is 8.24. The van der Waals surface area contributed by atoms with Crippen LogP contribution in [0.25, 0.3) is 10.9 Å². The molecule has 3 rings (SSSR count). The Morgan fingerprint density at radius 3 is 3.00 bits per heavy atom. The van der Waals surface area contributed by atoms with E-state index in [1.54, 1.807) is 0 Å². The molecule has 0 bridgehead atoms. The molecule has 0 spiro atoms. The molecular weight excluding hydrogens is 280 g/mol. The summed E-state index contributed by atoms with van der Waals surface area (Å²) < 4.78 is 6.12. The Bertz CT molecular complexity index is 565. The summed E-state index contributed by atoms with van der Waals surface area (Å²) in [7, 11) is 0. The molecule has 2 aromatic rings. The Morgan fingerprint density at radius 2 is 2.24 bits per heavy atom. The largest absolute Gasteiger partial charge is 0.381 e. The summed E-state index contributed by atoms with van der Waals surface area (Å²) in [5.74, 6) is 0.401. The van der Waals surface area contributed by atoms with Crippen LogP contribution in [0.2, 0.25) is 0 Å². The van der Waals surface area contributed by atoms with Gasteiger partial charge in [-0.1, -0.05) is 11.6 Å². The minimum Gasteiger partial charge on any atom is -0.381 e. The van der Waals surface area contributed by atoms with Crippen LogP contribution in [0.1, 0.15) is 23.6 Å². The summed E-state index contributed by atoms with van der Waals surface area (Å²) >= 11 is 3.39. The van der Waals surface area contributed by atoms with E-state index in [0.717, 1.165) is 36.2 Å². The number of rotatable bonds is 1. The van der Waals surface area contributed by atoms with Crippen molar-refractivity contribution in [1.82, 2.24) is 9.97 Å². The number of fused-ring (bicyclic) bond motifs is 1. The summed E-state index contributed by atoms with van der Waals surface area (Å²) in [6, 6.07) is 6.29. The number of nitrogens with zero attached hydrogens (tertiary/aromatic N) is 2. The van der Waals surface area contributed by atoms with Crippen molar-refractivity contribution < 1.29 is 4.74 Å². The van der Waals surface area contributed by atoms with Crippen molar-refractivity contribution in [2.75, 3.05) is 13.2 Å². The smallest absolute Gasteiger partial charge is 0.197 e. The highest BCUT2D eigenvalue weighted by molar-refractivity contribution is 9.10. The zero-order valence-electron chi connectivity index (χ0n) is 9.61. The maximum absolute atomic E-state index is 5.45. The van der Waals surface area contributed by atoms with Gasteiger partial charge in [-0.3, -0.25) is 0 Å². The highest BCUT2D eigenvalue weighted by Gasteiger charge is 2.22. The summed E-state index contributed by atoms with van der Waals surface area (Å²) in [6.07, 6.45) is 1.05. The van der Waals surface area contributed by atoms with Crippen LogP contribution < -0.4 is 0 Å². The highest BCUT2D eigenvalue weighted by atomic mass is 79.9. The molecule has 0 aliphatic carbocycles. The van der Waals surface area contributed by atoms with E-state index >= 15 is 0 Å². The zero-order chi connectivity index (χ0) is 11.8. The van der Waals surface area contributed by atoms with Gasteiger partial charge in [-0.05, 0) is 41.4 Å². The Hall–Kier alpha value is -1.00. The third-order valence-corrected chi connectivity index (χ3v) is 3.52. The van der Waals surface area contributed by atoms with Gasteiger partial charge in [-0.25, -0.2) is 9.97 Å². The van der Waals surface area contributed by atoms with Crippen molar-refractivity contribution in [3.05, 3.63) is 34.2 Å². The minimum atomic E-state index is 0.401. The van der Waals surface area contributed by atoms with Crippen molar-refractivity contribution in [2.45, 2.75) is 19.3 Å². The molecule has 88 valence electrons. The maximum atomic E-state index is 5.45. The van der Waals surface area contributed by atoms with Crippen LogP contribution in [0.15, 0.2) is 22.9 Å². The van der Waals surface area contributed by atoms with Crippen LogP contribution in [0.5, 0.6) is 0 Å². The first kappa shape index (κ1) is 11.1. The standard InChI is InChI=1S/C13H13BrN2O/c1-8-2-3-11-10(6-8)12(16-13(14)15-11)9-4-5-17-7-9/h2-3,6,9H,4-5,7H2,1H3. The normalized spacial score (nSPS) is 20.0. The molecule has 1 aromatic heterocycles. The predicted octanol–water partition coefficient (Wildman–Crippen LogP) is 3.20. The van der Waals surface area contributed by atoms with Crippen molar-refractivity contribution in [1.29, 1.82) is 0 Å². The van der Waals surface area contributed by atoms with Crippen LogP contribution >= 0.6 is 15.9 Å². The number of aryl methyl sites for hydroxylation is 1. The average molecular weight is 293 g/mol.